The topological polar surface area (TPSA) is 88.6 Å². The highest BCUT2D eigenvalue weighted by Crippen LogP contribution is 2.29. The Hall–Kier alpha value is -2.46. The van der Waals surface area contributed by atoms with Crippen LogP contribution in [-0.4, -0.2) is 55.2 Å². The number of para-hydroxylation sites is 1. The Morgan fingerprint density at radius 3 is 2.56 bits per heavy atom. The number of amides is 1. The first-order valence-electron chi connectivity index (χ1n) is 10.4. The molecule has 0 spiro atoms. The summed E-state index contributed by atoms with van der Waals surface area (Å²) in [5.74, 6) is -0.104. The zero-order chi connectivity index (χ0) is 22.7. The maximum absolute atomic E-state index is 13.0. The predicted molar refractivity (Wildman–Crippen MR) is 126 cm³/mol. The number of rotatable bonds is 6. The van der Waals surface area contributed by atoms with E-state index in [9.17, 15) is 13.2 Å². The second-order valence-electron chi connectivity index (χ2n) is 7.59. The standard InChI is InChI=1S/C23H25N3O4S2/c1-16-14-22(31-17(2)23(27)24-18-6-4-3-5-7-18)25-21-9-8-19(15-20(16)21)32(28,29)26-10-12-30-13-11-26/h3-9,14-15,17H,10-13H2,1-2H3,(H,24,27)/t17-/m1/s1. The molecule has 7 nitrogen and oxygen atoms in total. The van der Waals surface area contributed by atoms with Gasteiger partial charge in [0.15, 0.2) is 0 Å². The van der Waals surface area contributed by atoms with E-state index in [1.807, 2.05) is 50.2 Å². The van der Waals surface area contributed by atoms with Crippen molar-refractivity contribution in [3.8, 4) is 0 Å². The van der Waals surface area contributed by atoms with Crippen LogP contribution in [0.25, 0.3) is 10.9 Å². The van der Waals surface area contributed by atoms with Gasteiger partial charge in [0.25, 0.3) is 0 Å². The molecule has 32 heavy (non-hydrogen) atoms. The van der Waals surface area contributed by atoms with Gasteiger partial charge in [0, 0.05) is 24.2 Å². The molecule has 1 atom stereocenters. The van der Waals surface area contributed by atoms with E-state index in [2.05, 4.69) is 10.3 Å². The zero-order valence-corrected chi connectivity index (χ0v) is 19.6. The van der Waals surface area contributed by atoms with Gasteiger partial charge in [-0.25, -0.2) is 13.4 Å². The predicted octanol–water partition coefficient (Wildman–Crippen LogP) is 3.68. The van der Waals surface area contributed by atoms with Crippen LogP contribution in [0.4, 0.5) is 5.69 Å². The van der Waals surface area contributed by atoms with Crippen LogP contribution >= 0.6 is 11.8 Å². The molecule has 2 heterocycles. The summed E-state index contributed by atoms with van der Waals surface area (Å²) in [5, 5.41) is 4.05. The van der Waals surface area contributed by atoms with Crippen molar-refractivity contribution in [3.63, 3.8) is 0 Å². The van der Waals surface area contributed by atoms with Gasteiger partial charge in [-0.2, -0.15) is 4.31 Å². The van der Waals surface area contributed by atoms with Crippen LogP contribution < -0.4 is 5.32 Å². The van der Waals surface area contributed by atoms with Crippen LogP contribution in [0.5, 0.6) is 0 Å². The summed E-state index contributed by atoms with van der Waals surface area (Å²) in [6.07, 6.45) is 0. The molecule has 4 rings (SSSR count). The molecule has 1 fully saturated rings. The number of pyridine rings is 1. The molecule has 0 unspecified atom stereocenters. The quantitative estimate of drug-likeness (QED) is 0.552. The maximum Gasteiger partial charge on any atom is 0.243 e. The third kappa shape index (κ3) is 4.96. The Kier molecular flexibility index (Phi) is 6.80. The maximum atomic E-state index is 13.0. The molecule has 1 aliphatic heterocycles. The number of nitrogens with zero attached hydrogens (tertiary/aromatic N) is 2. The summed E-state index contributed by atoms with van der Waals surface area (Å²) in [6, 6.07) is 16.2. The lowest BCUT2D eigenvalue weighted by molar-refractivity contribution is -0.115. The van der Waals surface area contributed by atoms with Gasteiger partial charge in [-0.1, -0.05) is 30.0 Å². The summed E-state index contributed by atoms with van der Waals surface area (Å²) in [5.41, 5.74) is 2.36. The highest BCUT2D eigenvalue weighted by Gasteiger charge is 2.26. The van der Waals surface area contributed by atoms with Gasteiger partial charge in [0.05, 0.1) is 33.9 Å². The lowest BCUT2D eigenvalue weighted by Crippen LogP contribution is -2.40. The van der Waals surface area contributed by atoms with Crippen LogP contribution in [0, 0.1) is 6.92 Å². The average Bonchev–Trinajstić information content (AvgIpc) is 2.80. The van der Waals surface area contributed by atoms with Crippen LogP contribution in [0.2, 0.25) is 0 Å². The van der Waals surface area contributed by atoms with Crippen molar-refractivity contribution in [1.82, 2.24) is 9.29 Å². The van der Waals surface area contributed by atoms with E-state index >= 15 is 0 Å². The number of fused-ring (bicyclic) bond motifs is 1. The highest BCUT2D eigenvalue weighted by atomic mass is 32.2. The van der Waals surface area contributed by atoms with Gasteiger partial charge in [0.2, 0.25) is 15.9 Å². The first kappa shape index (κ1) is 22.7. The second-order valence-corrected chi connectivity index (χ2v) is 10.9. The monoisotopic (exact) mass is 471 g/mol. The molecule has 1 aliphatic rings. The molecule has 9 heteroatoms. The number of carbonyl (C=O) groups excluding carboxylic acids is 1. The van der Waals surface area contributed by atoms with Gasteiger partial charge >= 0.3 is 0 Å². The van der Waals surface area contributed by atoms with Gasteiger partial charge < -0.3 is 10.1 Å². The number of anilines is 1. The SMILES string of the molecule is Cc1cc(S[C@H](C)C(=O)Nc2ccccc2)nc2ccc(S(=O)(=O)N3CCOCC3)cc12. The van der Waals surface area contributed by atoms with Crippen molar-refractivity contribution in [1.29, 1.82) is 0 Å². The molecule has 1 amide bonds. The number of hydrogen-bond acceptors (Lipinski definition) is 6. The van der Waals surface area contributed by atoms with Crippen molar-refractivity contribution in [2.24, 2.45) is 0 Å². The van der Waals surface area contributed by atoms with Crippen molar-refractivity contribution < 1.29 is 17.9 Å². The number of hydrogen-bond donors (Lipinski definition) is 1. The molecule has 3 aromatic rings. The molecule has 0 aliphatic carbocycles. The largest absolute Gasteiger partial charge is 0.379 e. The van der Waals surface area contributed by atoms with Crippen molar-refractivity contribution in [2.75, 3.05) is 31.6 Å². The molecule has 0 radical (unpaired) electrons. The van der Waals surface area contributed by atoms with E-state index in [0.717, 1.165) is 21.7 Å². The van der Waals surface area contributed by atoms with E-state index < -0.39 is 10.0 Å². The van der Waals surface area contributed by atoms with E-state index in [-0.39, 0.29) is 16.1 Å². The molecule has 1 saturated heterocycles. The van der Waals surface area contributed by atoms with Crippen molar-refractivity contribution >= 4 is 44.3 Å². The first-order chi connectivity index (χ1) is 15.3. The summed E-state index contributed by atoms with van der Waals surface area (Å²) >= 11 is 1.37. The smallest absolute Gasteiger partial charge is 0.243 e. The number of carbonyl (C=O) groups is 1. The average molecular weight is 472 g/mol. The number of benzene rings is 2. The minimum atomic E-state index is -3.57. The van der Waals surface area contributed by atoms with E-state index in [1.165, 1.54) is 16.1 Å². The number of sulfonamides is 1. The molecular weight excluding hydrogens is 446 g/mol. The van der Waals surface area contributed by atoms with Crippen molar-refractivity contribution in [3.05, 3.63) is 60.2 Å². The molecule has 0 saturated carbocycles. The Morgan fingerprint density at radius 2 is 1.84 bits per heavy atom. The zero-order valence-electron chi connectivity index (χ0n) is 17.9. The fourth-order valence-corrected chi connectivity index (χ4v) is 5.86. The minimum Gasteiger partial charge on any atom is -0.379 e. The molecular formula is C23H25N3O4S2. The van der Waals surface area contributed by atoms with Crippen LogP contribution in [0.1, 0.15) is 12.5 Å². The fraction of sp³-hybridized carbons (Fsp3) is 0.304. The van der Waals surface area contributed by atoms with Gasteiger partial charge in [-0.3, -0.25) is 4.79 Å². The molecule has 1 N–H and O–H groups in total. The summed E-state index contributed by atoms with van der Waals surface area (Å²) < 4.78 is 32.7. The highest BCUT2D eigenvalue weighted by molar-refractivity contribution is 8.00. The van der Waals surface area contributed by atoms with E-state index in [0.29, 0.717) is 31.8 Å². The lowest BCUT2D eigenvalue weighted by Gasteiger charge is -2.26. The number of thioether (sulfide) groups is 1. The van der Waals surface area contributed by atoms with E-state index in [4.69, 9.17) is 4.74 Å². The number of nitrogens with one attached hydrogen (secondary N) is 1. The summed E-state index contributed by atoms with van der Waals surface area (Å²) in [7, 11) is -3.57. The van der Waals surface area contributed by atoms with E-state index in [1.54, 1.807) is 18.2 Å². The Labute approximate surface area is 192 Å². The number of aryl methyl sites for hydroxylation is 1. The second kappa shape index (κ2) is 9.58. The van der Waals surface area contributed by atoms with Crippen LogP contribution in [0.3, 0.4) is 0 Å². The molecule has 1 aromatic heterocycles. The minimum absolute atomic E-state index is 0.104. The van der Waals surface area contributed by atoms with Crippen molar-refractivity contribution in [2.45, 2.75) is 29.0 Å². The molecule has 168 valence electrons. The lowest BCUT2D eigenvalue weighted by atomic mass is 10.1. The van der Waals surface area contributed by atoms with Gasteiger partial charge in [-0.05, 0) is 55.8 Å². The van der Waals surface area contributed by atoms with Gasteiger partial charge in [-0.15, -0.1) is 0 Å². The van der Waals surface area contributed by atoms with Crippen LogP contribution in [-0.2, 0) is 19.6 Å². The van der Waals surface area contributed by atoms with Gasteiger partial charge in [0.1, 0.15) is 0 Å². The summed E-state index contributed by atoms with van der Waals surface area (Å²) in [4.78, 5) is 17.4. The first-order valence-corrected chi connectivity index (χ1v) is 12.7. The Morgan fingerprint density at radius 1 is 1.12 bits per heavy atom. The molecule has 2 aromatic carbocycles. The number of aromatic nitrogens is 1. The Bertz CT molecular complexity index is 1230. The molecule has 0 bridgehead atoms. The third-order valence-electron chi connectivity index (χ3n) is 5.28. The number of morpholine rings is 1. The summed E-state index contributed by atoms with van der Waals surface area (Å²) in [6.45, 7) is 5.29. The fourth-order valence-electron chi connectivity index (χ4n) is 3.50. The Balaban J connectivity index is 1.53. The third-order valence-corrected chi connectivity index (χ3v) is 8.19. The number of ether oxygens (including phenoxy) is 1. The normalized spacial score (nSPS) is 16.1. The van der Waals surface area contributed by atoms with Crippen LogP contribution in [0.15, 0.2) is 64.5 Å².